The largest absolute Gasteiger partial charge is 0.354 e. The summed E-state index contributed by atoms with van der Waals surface area (Å²) in [6.07, 6.45) is -0.597. The van der Waals surface area contributed by atoms with Crippen molar-refractivity contribution in [2.24, 2.45) is 0 Å². The molecule has 0 spiro atoms. The highest BCUT2D eigenvalue weighted by Gasteiger charge is 2.61. The molecule has 2 heterocycles. The van der Waals surface area contributed by atoms with Crippen molar-refractivity contribution in [2.75, 3.05) is 5.84 Å². The van der Waals surface area contributed by atoms with Gasteiger partial charge in [-0.25, -0.2) is 18.1 Å². The fourth-order valence-electron chi connectivity index (χ4n) is 3.99. The van der Waals surface area contributed by atoms with Crippen LogP contribution in [0.2, 0.25) is 10.0 Å². The summed E-state index contributed by atoms with van der Waals surface area (Å²) < 4.78 is 37.5. The van der Waals surface area contributed by atoms with Gasteiger partial charge in [0.25, 0.3) is 0 Å². The number of epoxide rings is 1. The summed E-state index contributed by atoms with van der Waals surface area (Å²) in [6.45, 7) is 0.0198. The molecule has 0 radical (unpaired) electrons. The molecule has 1 saturated heterocycles. The van der Waals surface area contributed by atoms with Gasteiger partial charge in [-0.2, -0.15) is 0 Å². The van der Waals surface area contributed by atoms with Crippen molar-refractivity contribution in [1.29, 1.82) is 0 Å². The molecule has 1 aromatic heterocycles. The standard InChI is InChI=1S/C23H16Cl2F2N4OS/c24-17-7-3-1-5-14(17)20-23(32-20,16-10-9-13(26)11-19(16)27)12-30-22(33)31(28)21(29-30)15-6-2-4-8-18(15)25/h1-11,20H,12,28H2/t20-,23+/m0/s1. The second-order valence-corrected chi connectivity index (χ2v) is 8.83. The first-order chi connectivity index (χ1) is 15.8. The number of aromatic nitrogens is 3. The molecule has 5 rings (SSSR count). The number of nitrogen functional groups attached to an aromatic ring is 1. The van der Waals surface area contributed by atoms with Crippen molar-refractivity contribution in [3.8, 4) is 11.4 Å². The number of halogens is 4. The van der Waals surface area contributed by atoms with Gasteiger partial charge in [0, 0.05) is 27.8 Å². The van der Waals surface area contributed by atoms with Crippen molar-refractivity contribution in [1.82, 2.24) is 14.5 Å². The van der Waals surface area contributed by atoms with E-state index in [1.54, 1.807) is 42.5 Å². The molecular formula is C23H16Cl2F2N4OS. The first kappa shape index (κ1) is 22.0. The topological polar surface area (TPSA) is 61.3 Å². The smallest absolute Gasteiger partial charge is 0.217 e. The lowest BCUT2D eigenvalue weighted by Crippen LogP contribution is -2.22. The normalized spacial score (nSPS) is 19.6. The van der Waals surface area contributed by atoms with Crippen LogP contribution in [0.3, 0.4) is 0 Å². The van der Waals surface area contributed by atoms with Gasteiger partial charge in [0.05, 0.1) is 11.6 Å². The Kier molecular flexibility index (Phi) is 5.49. The van der Waals surface area contributed by atoms with Gasteiger partial charge in [-0.1, -0.05) is 59.6 Å². The second-order valence-electron chi connectivity index (χ2n) is 7.65. The fourth-order valence-corrected chi connectivity index (χ4v) is 4.64. The molecule has 5 nitrogen and oxygen atoms in total. The summed E-state index contributed by atoms with van der Waals surface area (Å²) in [5.74, 6) is 5.10. The van der Waals surface area contributed by atoms with Crippen LogP contribution in [-0.4, -0.2) is 14.5 Å². The summed E-state index contributed by atoms with van der Waals surface area (Å²) in [7, 11) is 0. The molecule has 10 heteroatoms. The first-order valence-electron chi connectivity index (χ1n) is 9.89. The highest BCUT2D eigenvalue weighted by molar-refractivity contribution is 7.71. The number of rotatable bonds is 5. The molecule has 4 aromatic rings. The van der Waals surface area contributed by atoms with E-state index in [4.69, 9.17) is 46.0 Å². The zero-order valence-corrected chi connectivity index (χ0v) is 19.2. The maximum Gasteiger partial charge on any atom is 0.217 e. The molecule has 3 aromatic carbocycles. The number of benzene rings is 3. The van der Waals surface area contributed by atoms with Crippen LogP contribution in [0, 0.1) is 16.4 Å². The lowest BCUT2D eigenvalue weighted by molar-refractivity contribution is 0.255. The van der Waals surface area contributed by atoms with Crippen molar-refractivity contribution in [3.63, 3.8) is 0 Å². The number of ether oxygens (including phenoxy) is 1. The van der Waals surface area contributed by atoms with Crippen LogP contribution >= 0.6 is 35.4 Å². The molecule has 168 valence electrons. The molecule has 0 amide bonds. The highest BCUT2D eigenvalue weighted by atomic mass is 35.5. The van der Waals surface area contributed by atoms with Crippen LogP contribution in [0.25, 0.3) is 11.4 Å². The quantitative estimate of drug-likeness (QED) is 0.204. The average molecular weight is 505 g/mol. The molecule has 0 unspecified atom stereocenters. The Hall–Kier alpha value is -2.78. The van der Waals surface area contributed by atoms with E-state index in [9.17, 15) is 8.78 Å². The predicted octanol–water partition coefficient (Wildman–Crippen LogP) is 6.05. The first-order valence-corrected chi connectivity index (χ1v) is 11.1. The minimum atomic E-state index is -1.22. The van der Waals surface area contributed by atoms with Crippen LogP contribution in [0.1, 0.15) is 17.2 Å². The highest BCUT2D eigenvalue weighted by Crippen LogP contribution is 2.59. The Balaban J connectivity index is 1.62. The molecule has 0 saturated carbocycles. The lowest BCUT2D eigenvalue weighted by Gasteiger charge is -2.15. The third-order valence-electron chi connectivity index (χ3n) is 5.64. The van der Waals surface area contributed by atoms with Crippen molar-refractivity contribution >= 4 is 35.4 Å². The van der Waals surface area contributed by atoms with E-state index in [2.05, 4.69) is 5.10 Å². The number of hydrogen-bond donors (Lipinski definition) is 1. The van der Waals surface area contributed by atoms with Gasteiger partial charge in [0.1, 0.15) is 23.3 Å². The third-order valence-corrected chi connectivity index (χ3v) is 6.72. The SMILES string of the molecule is Nn1c(-c2ccccc2Cl)nn(C[C@]2(c3ccc(F)cc3F)O[C@H]2c2ccccc2Cl)c1=S. The minimum Gasteiger partial charge on any atom is -0.354 e. The van der Waals surface area contributed by atoms with Gasteiger partial charge in [-0.05, 0) is 36.5 Å². The van der Waals surface area contributed by atoms with Gasteiger partial charge in [-0.15, -0.1) is 5.10 Å². The van der Waals surface area contributed by atoms with E-state index in [0.29, 0.717) is 27.0 Å². The maximum absolute atomic E-state index is 14.9. The van der Waals surface area contributed by atoms with E-state index in [-0.39, 0.29) is 16.9 Å². The van der Waals surface area contributed by atoms with Crippen LogP contribution in [0.15, 0.2) is 66.7 Å². The van der Waals surface area contributed by atoms with E-state index < -0.39 is 23.3 Å². The molecular weight excluding hydrogens is 489 g/mol. The van der Waals surface area contributed by atoms with Gasteiger partial charge in [-0.3, -0.25) is 0 Å². The Morgan fingerprint density at radius 3 is 2.42 bits per heavy atom. The van der Waals surface area contributed by atoms with Gasteiger partial charge in [0.2, 0.25) is 4.77 Å². The van der Waals surface area contributed by atoms with Crippen LogP contribution in [0.4, 0.5) is 8.78 Å². The van der Waals surface area contributed by atoms with Crippen molar-refractivity contribution in [2.45, 2.75) is 18.2 Å². The van der Waals surface area contributed by atoms with E-state index in [1.165, 1.54) is 21.5 Å². The predicted molar refractivity (Wildman–Crippen MR) is 125 cm³/mol. The monoisotopic (exact) mass is 504 g/mol. The molecule has 33 heavy (non-hydrogen) atoms. The molecule has 0 bridgehead atoms. The second kappa shape index (κ2) is 8.22. The fraction of sp³-hybridized carbons (Fsp3) is 0.130. The zero-order valence-electron chi connectivity index (χ0n) is 16.9. The van der Waals surface area contributed by atoms with Crippen molar-refractivity contribution < 1.29 is 13.5 Å². The molecule has 0 aliphatic carbocycles. The minimum absolute atomic E-state index is 0.0198. The average Bonchev–Trinajstić information content (AvgIpc) is 3.43. The summed E-state index contributed by atoms with van der Waals surface area (Å²) in [5, 5.41) is 5.47. The summed E-state index contributed by atoms with van der Waals surface area (Å²) in [4.78, 5) is 0. The number of nitrogens with zero attached hydrogens (tertiary/aromatic N) is 3. The van der Waals surface area contributed by atoms with E-state index in [0.717, 1.165) is 6.07 Å². The molecule has 1 fully saturated rings. The lowest BCUT2D eigenvalue weighted by atomic mass is 9.91. The number of nitrogens with two attached hydrogens (primary N) is 1. The zero-order chi connectivity index (χ0) is 23.3. The maximum atomic E-state index is 14.9. The van der Waals surface area contributed by atoms with Gasteiger partial charge in [0.15, 0.2) is 5.82 Å². The molecule has 2 N–H and O–H groups in total. The Morgan fingerprint density at radius 2 is 1.73 bits per heavy atom. The van der Waals surface area contributed by atoms with Gasteiger partial charge < -0.3 is 10.6 Å². The summed E-state index contributed by atoms with van der Waals surface area (Å²) in [5.41, 5.74) is 0.218. The van der Waals surface area contributed by atoms with Gasteiger partial charge >= 0.3 is 0 Å². The Bertz CT molecular complexity index is 1440. The van der Waals surface area contributed by atoms with Crippen LogP contribution in [0.5, 0.6) is 0 Å². The van der Waals surface area contributed by atoms with Crippen LogP contribution in [-0.2, 0) is 16.9 Å². The summed E-state index contributed by atoms with van der Waals surface area (Å²) >= 11 is 18.2. The third kappa shape index (κ3) is 3.73. The van der Waals surface area contributed by atoms with E-state index in [1.807, 2.05) is 6.07 Å². The van der Waals surface area contributed by atoms with Crippen molar-refractivity contribution in [3.05, 3.63) is 104 Å². The van der Waals surface area contributed by atoms with Crippen LogP contribution < -0.4 is 5.84 Å². The summed E-state index contributed by atoms with van der Waals surface area (Å²) in [6, 6.07) is 17.5. The number of hydrogen-bond acceptors (Lipinski definition) is 4. The molecule has 2 atom stereocenters. The molecule has 1 aliphatic heterocycles. The van der Waals surface area contributed by atoms with E-state index >= 15 is 0 Å². The molecule has 1 aliphatic rings. The Labute approximate surface area is 202 Å². The Morgan fingerprint density at radius 1 is 1.03 bits per heavy atom.